The molecule has 2 amide bonds. The van der Waals surface area contributed by atoms with Crippen LogP contribution in [0, 0.1) is 18.8 Å². The summed E-state index contributed by atoms with van der Waals surface area (Å²) in [5.74, 6) is -0.483. The first-order chi connectivity index (χ1) is 9.52. The highest BCUT2D eigenvalue weighted by Crippen LogP contribution is 2.39. The van der Waals surface area contributed by atoms with Gasteiger partial charge in [0.1, 0.15) is 0 Å². The van der Waals surface area contributed by atoms with Gasteiger partial charge in [-0.25, -0.2) is 0 Å². The quantitative estimate of drug-likeness (QED) is 0.877. The number of hydrogen-bond donors (Lipinski definition) is 2. The van der Waals surface area contributed by atoms with Crippen molar-refractivity contribution in [2.75, 3.05) is 11.9 Å². The van der Waals surface area contributed by atoms with E-state index in [4.69, 9.17) is 11.6 Å². The van der Waals surface area contributed by atoms with Gasteiger partial charge in [-0.05, 0) is 43.5 Å². The summed E-state index contributed by atoms with van der Waals surface area (Å²) in [4.78, 5) is 23.8. The molecule has 1 aromatic rings. The number of rotatable bonds is 5. The van der Waals surface area contributed by atoms with Gasteiger partial charge in [-0.3, -0.25) is 9.59 Å². The number of nitrogens with one attached hydrogen (secondary N) is 2. The van der Waals surface area contributed by atoms with Gasteiger partial charge in [-0.2, -0.15) is 0 Å². The molecule has 5 heteroatoms. The van der Waals surface area contributed by atoms with Crippen molar-refractivity contribution in [2.45, 2.75) is 26.7 Å². The molecule has 2 atom stereocenters. The zero-order valence-corrected chi connectivity index (χ0v) is 12.5. The van der Waals surface area contributed by atoms with Crippen LogP contribution in [0.3, 0.4) is 0 Å². The molecule has 1 saturated carbocycles. The van der Waals surface area contributed by atoms with Crippen LogP contribution >= 0.6 is 11.6 Å². The third kappa shape index (κ3) is 3.51. The first-order valence-corrected chi connectivity index (χ1v) is 7.25. The number of carbonyl (C=O) groups excluding carboxylic acids is 2. The lowest BCUT2D eigenvalue weighted by molar-refractivity contribution is -0.125. The van der Waals surface area contributed by atoms with Crippen LogP contribution < -0.4 is 10.6 Å². The van der Waals surface area contributed by atoms with Crippen LogP contribution in [0.2, 0.25) is 5.02 Å². The Morgan fingerprint density at radius 3 is 2.65 bits per heavy atom. The van der Waals surface area contributed by atoms with Crippen LogP contribution in [0.4, 0.5) is 5.69 Å². The summed E-state index contributed by atoms with van der Waals surface area (Å²) < 4.78 is 0. The molecule has 108 valence electrons. The molecule has 1 aliphatic rings. The van der Waals surface area contributed by atoms with E-state index in [2.05, 4.69) is 10.6 Å². The van der Waals surface area contributed by atoms with Crippen molar-refractivity contribution in [2.24, 2.45) is 11.8 Å². The van der Waals surface area contributed by atoms with Crippen LogP contribution in [0.25, 0.3) is 0 Å². The number of aryl methyl sites for hydroxylation is 1. The standard InChI is InChI=1S/C15H19ClN2O2/c1-3-6-17-14(19)11-8-12(11)15(20)18-13-5-4-10(16)7-9(13)2/h4-5,7,11-12H,3,6,8H2,1-2H3,(H,17,19)(H,18,20). The summed E-state index contributed by atoms with van der Waals surface area (Å²) in [5, 5.41) is 6.33. The summed E-state index contributed by atoms with van der Waals surface area (Å²) in [6.07, 6.45) is 1.54. The van der Waals surface area contributed by atoms with Gasteiger partial charge in [0.05, 0.1) is 11.8 Å². The first kappa shape index (κ1) is 14.9. The Hall–Kier alpha value is -1.55. The van der Waals surface area contributed by atoms with E-state index < -0.39 is 0 Å². The van der Waals surface area contributed by atoms with E-state index in [9.17, 15) is 9.59 Å². The molecule has 0 aliphatic heterocycles. The Morgan fingerprint density at radius 2 is 2.00 bits per heavy atom. The molecule has 0 heterocycles. The van der Waals surface area contributed by atoms with Gasteiger partial charge < -0.3 is 10.6 Å². The Labute approximate surface area is 123 Å². The second-order valence-corrected chi connectivity index (χ2v) is 5.62. The van der Waals surface area contributed by atoms with Crippen molar-refractivity contribution in [3.8, 4) is 0 Å². The molecular formula is C15H19ClN2O2. The highest BCUT2D eigenvalue weighted by Gasteiger charge is 2.47. The first-order valence-electron chi connectivity index (χ1n) is 6.87. The smallest absolute Gasteiger partial charge is 0.228 e. The Kier molecular flexibility index (Phi) is 4.65. The molecule has 1 aromatic carbocycles. The van der Waals surface area contributed by atoms with Crippen molar-refractivity contribution in [1.29, 1.82) is 0 Å². The summed E-state index contributed by atoms with van der Waals surface area (Å²) >= 11 is 5.88. The molecule has 0 saturated heterocycles. The largest absolute Gasteiger partial charge is 0.356 e. The molecule has 1 fully saturated rings. The molecular weight excluding hydrogens is 276 g/mol. The van der Waals surface area contributed by atoms with Crippen LogP contribution in [-0.2, 0) is 9.59 Å². The van der Waals surface area contributed by atoms with Crippen molar-refractivity contribution < 1.29 is 9.59 Å². The summed E-state index contributed by atoms with van der Waals surface area (Å²) in [6, 6.07) is 5.32. The zero-order chi connectivity index (χ0) is 14.7. The molecule has 4 nitrogen and oxygen atoms in total. The van der Waals surface area contributed by atoms with Crippen molar-refractivity contribution >= 4 is 29.1 Å². The van der Waals surface area contributed by atoms with Gasteiger partial charge >= 0.3 is 0 Å². The third-order valence-corrected chi connectivity index (χ3v) is 3.69. The van der Waals surface area contributed by atoms with Gasteiger partial charge in [-0.15, -0.1) is 0 Å². The fourth-order valence-corrected chi connectivity index (χ4v) is 2.37. The van der Waals surface area contributed by atoms with Gasteiger partial charge in [0.2, 0.25) is 11.8 Å². The molecule has 2 N–H and O–H groups in total. The minimum atomic E-state index is -0.207. The maximum Gasteiger partial charge on any atom is 0.228 e. The number of hydrogen-bond acceptors (Lipinski definition) is 2. The minimum absolute atomic E-state index is 0.0140. The minimum Gasteiger partial charge on any atom is -0.356 e. The average molecular weight is 295 g/mol. The van der Waals surface area contributed by atoms with Crippen LogP contribution in [0.1, 0.15) is 25.3 Å². The maximum atomic E-state index is 12.1. The summed E-state index contributed by atoms with van der Waals surface area (Å²) in [5.41, 5.74) is 1.66. The molecule has 2 rings (SSSR count). The molecule has 2 unspecified atom stereocenters. The van der Waals surface area contributed by atoms with Gasteiger partial charge in [0.25, 0.3) is 0 Å². The summed E-state index contributed by atoms with van der Waals surface area (Å²) in [6.45, 7) is 4.56. The number of amides is 2. The average Bonchev–Trinajstić information content (AvgIpc) is 3.19. The predicted octanol–water partition coefficient (Wildman–Crippen LogP) is 2.75. The van der Waals surface area contributed by atoms with E-state index in [0.29, 0.717) is 18.0 Å². The fraction of sp³-hybridized carbons (Fsp3) is 0.467. The molecule has 0 aromatic heterocycles. The van der Waals surface area contributed by atoms with E-state index >= 15 is 0 Å². The Bertz CT molecular complexity index is 531. The van der Waals surface area contributed by atoms with E-state index in [1.54, 1.807) is 18.2 Å². The number of carbonyl (C=O) groups is 2. The van der Waals surface area contributed by atoms with E-state index in [1.807, 2.05) is 13.8 Å². The number of anilines is 1. The molecule has 1 aliphatic carbocycles. The number of benzene rings is 1. The lowest BCUT2D eigenvalue weighted by Crippen LogP contribution is -2.28. The second kappa shape index (κ2) is 6.27. The lowest BCUT2D eigenvalue weighted by Gasteiger charge is -2.08. The summed E-state index contributed by atoms with van der Waals surface area (Å²) in [7, 11) is 0. The van der Waals surface area contributed by atoms with E-state index in [0.717, 1.165) is 17.7 Å². The monoisotopic (exact) mass is 294 g/mol. The van der Waals surface area contributed by atoms with Crippen molar-refractivity contribution in [1.82, 2.24) is 5.32 Å². The molecule has 0 spiro atoms. The zero-order valence-electron chi connectivity index (χ0n) is 11.7. The van der Waals surface area contributed by atoms with Gasteiger partial charge in [-0.1, -0.05) is 18.5 Å². The molecule has 0 bridgehead atoms. The van der Waals surface area contributed by atoms with Crippen LogP contribution in [0.5, 0.6) is 0 Å². The fourth-order valence-electron chi connectivity index (χ4n) is 2.15. The maximum absolute atomic E-state index is 12.1. The second-order valence-electron chi connectivity index (χ2n) is 5.19. The predicted molar refractivity (Wildman–Crippen MR) is 79.7 cm³/mol. The van der Waals surface area contributed by atoms with Gasteiger partial charge in [0, 0.05) is 17.3 Å². The highest BCUT2D eigenvalue weighted by atomic mass is 35.5. The molecule has 20 heavy (non-hydrogen) atoms. The van der Waals surface area contributed by atoms with Crippen molar-refractivity contribution in [3.63, 3.8) is 0 Å². The molecule has 0 radical (unpaired) electrons. The third-order valence-electron chi connectivity index (χ3n) is 3.46. The number of halogens is 1. The Morgan fingerprint density at radius 1 is 1.30 bits per heavy atom. The topological polar surface area (TPSA) is 58.2 Å². The van der Waals surface area contributed by atoms with E-state index in [-0.39, 0.29) is 23.7 Å². The van der Waals surface area contributed by atoms with Crippen LogP contribution in [0.15, 0.2) is 18.2 Å². The highest BCUT2D eigenvalue weighted by molar-refractivity contribution is 6.30. The van der Waals surface area contributed by atoms with Crippen molar-refractivity contribution in [3.05, 3.63) is 28.8 Å². The lowest BCUT2D eigenvalue weighted by atomic mass is 10.2. The normalized spacial score (nSPS) is 20.4. The SMILES string of the molecule is CCCNC(=O)C1CC1C(=O)Nc1ccc(Cl)cc1C. The Balaban J connectivity index is 1.89. The van der Waals surface area contributed by atoms with Gasteiger partial charge in [0.15, 0.2) is 0 Å². The van der Waals surface area contributed by atoms with E-state index in [1.165, 1.54) is 0 Å². The van der Waals surface area contributed by atoms with Crippen LogP contribution in [-0.4, -0.2) is 18.4 Å².